The van der Waals surface area contributed by atoms with E-state index in [1.165, 1.54) is 0 Å². The minimum Gasteiger partial charge on any atom is -0.480 e. The Morgan fingerprint density at radius 1 is 1.50 bits per heavy atom. The van der Waals surface area contributed by atoms with E-state index in [2.05, 4.69) is 6.07 Å². The zero-order chi connectivity index (χ0) is 13.7. The Labute approximate surface area is 107 Å². The highest BCUT2D eigenvalue weighted by Gasteiger charge is 2.15. The van der Waals surface area contributed by atoms with Gasteiger partial charge in [-0.3, -0.25) is 4.79 Å². The number of hydrogen-bond donors (Lipinski definition) is 1. The van der Waals surface area contributed by atoms with Crippen molar-refractivity contribution in [1.29, 1.82) is 5.26 Å². The van der Waals surface area contributed by atoms with Crippen molar-refractivity contribution in [2.45, 2.75) is 20.8 Å². The van der Waals surface area contributed by atoms with Crippen LogP contribution in [-0.2, 0) is 4.79 Å². The van der Waals surface area contributed by atoms with Crippen molar-refractivity contribution in [1.82, 2.24) is 0 Å². The highest BCUT2D eigenvalue weighted by Crippen LogP contribution is 2.22. The van der Waals surface area contributed by atoms with Gasteiger partial charge in [0.2, 0.25) is 0 Å². The standard InChI is InChI=1S/C14H18N2O2/c1-10(2)8-16(9-14(17)18)13-6-11(3)4-5-12(13)7-15/h4-6,10H,8-9H2,1-3H3,(H,17,18). The number of carboxylic acid groups (broad SMARTS) is 1. The second-order valence-corrected chi connectivity index (χ2v) is 4.80. The Hall–Kier alpha value is -2.02. The monoisotopic (exact) mass is 246 g/mol. The molecule has 4 heteroatoms. The maximum absolute atomic E-state index is 10.9. The zero-order valence-electron chi connectivity index (χ0n) is 11.0. The van der Waals surface area contributed by atoms with Crippen molar-refractivity contribution in [2.75, 3.05) is 18.0 Å². The van der Waals surface area contributed by atoms with Crippen molar-refractivity contribution < 1.29 is 9.90 Å². The first-order valence-electron chi connectivity index (χ1n) is 5.91. The first-order valence-corrected chi connectivity index (χ1v) is 5.91. The molecule has 0 saturated heterocycles. The molecule has 1 aromatic carbocycles. The van der Waals surface area contributed by atoms with Crippen molar-refractivity contribution >= 4 is 11.7 Å². The van der Waals surface area contributed by atoms with E-state index in [4.69, 9.17) is 10.4 Å². The van der Waals surface area contributed by atoms with Crippen molar-refractivity contribution in [3.8, 4) is 6.07 Å². The van der Waals surface area contributed by atoms with E-state index in [0.29, 0.717) is 23.7 Å². The van der Waals surface area contributed by atoms with Crippen LogP contribution in [0.1, 0.15) is 25.0 Å². The van der Waals surface area contributed by atoms with Crippen LogP contribution in [0.2, 0.25) is 0 Å². The SMILES string of the molecule is Cc1ccc(C#N)c(N(CC(=O)O)CC(C)C)c1. The van der Waals surface area contributed by atoms with Gasteiger partial charge in [0.15, 0.2) is 0 Å². The van der Waals surface area contributed by atoms with Gasteiger partial charge < -0.3 is 10.0 Å². The number of rotatable bonds is 5. The van der Waals surface area contributed by atoms with E-state index in [1.54, 1.807) is 11.0 Å². The minimum atomic E-state index is -0.888. The zero-order valence-corrected chi connectivity index (χ0v) is 11.0. The quantitative estimate of drug-likeness (QED) is 0.866. The lowest BCUT2D eigenvalue weighted by Crippen LogP contribution is -2.33. The normalized spacial score (nSPS) is 10.2. The molecule has 0 bridgehead atoms. The third kappa shape index (κ3) is 3.77. The molecule has 0 radical (unpaired) electrons. The highest BCUT2D eigenvalue weighted by atomic mass is 16.4. The molecule has 0 aliphatic rings. The van der Waals surface area contributed by atoms with E-state index in [9.17, 15) is 4.79 Å². The van der Waals surface area contributed by atoms with E-state index < -0.39 is 5.97 Å². The van der Waals surface area contributed by atoms with Crippen molar-refractivity contribution in [3.05, 3.63) is 29.3 Å². The summed E-state index contributed by atoms with van der Waals surface area (Å²) >= 11 is 0. The van der Waals surface area contributed by atoms with Crippen LogP contribution in [0.4, 0.5) is 5.69 Å². The van der Waals surface area contributed by atoms with Gasteiger partial charge in [0.1, 0.15) is 12.6 Å². The Balaban J connectivity index is 3.14. The fourth-order valence-electron chi connectivity index (χ4n) is 1.85. The van der Waals surface area contributed by atoms with Crippen molar-refractivity contribution in [2.24, 2.45) is 5.92 Å². The molecule has 0 amide bonds. The maximum atomic E-state index is 10.9. The van der Waals surface area contributed by atoms with Gasteiger partial charge in [-0.05, 0) is 30.5 Å². The molecule has 0 heterocycles. The van der Waals surface area contributed by atoms with Crippen LogP contribution in [0.3, 0.4) is 0 Å². The Bertz CT molecular complexity index is 475. The fourth-order valence-corrected chi connectivity index (χ4v) is 1.85. The molecule has 0 fully saturated rings. The predicted molar refractivity (Wildman–Crippen MR) is 70.6 cm³/mol. The van der Waals surface area contributed by atoms with Crippen LogP contribution in [0.15, 0.2) is 18.2 Å². The molecule has 0 aliphatic carbocycles. The number of benzene rings is 1. The van der Waals surface area contributed by atoms with E-state index in [1.807, 2.05) is 32.9 Å². The van der Waals surface area contributed by atoms with Gasteiger partial charge in [-0.15, -0.1) is 0 Å². The van der Waals surface area contributed by atoms with Crippen LogP contribution in [0, 0.1) is 24.2 Å². The molecule has 18 heavy (non-hydrogen) atoms. The van der Waals surface area contributed by atoms with E-state index in [-0.39, 0.29) is 6.54 Å². The third-order valence-electron chi connectivity index (χ3n) is 2.53. The number of carboxylic acids is 1. The molecule has 1 N–H and O–H groups in total. The second kappa shape index (κ2) is 6.06. The summed E-state index contributed by atoms with van der Waals surface area (Å²) in [6.45, 7) is 6.51. The van der Waals surface area contributed by atoms with Crippen LogP contribution < -0.4 is 4.90 Å². The summed E-state index contributed by atoms with van der Waals surface area (Å²) in [7, 11) is 0. The molecule has 0 atom stereocenters. The fraction of sp³-hybridized carbons (Fsp3) is 0.429. The average Bonchev–Trinajstić information content (AvgIpc) is 2.26. The number of aliphatic carboxylic acids is 1. The lowest BCUT2D eigenvalue weighted by molar-refractivity contribution is -0.135. The van der Waals surface area contributed by atoms with Crippen LogP contribution >= 0.6 is 0 Å². The minimum absolute atomic E-state index is 0.0870. The Kier molecular flexibility index (Phi) is 4.73. The molecule has 0 aliphatic heterocycles. The molecule has 1 rings (SSSR count). The molecule has 0 saturated carbocycles. The molecule has 1 aromatic rings. The molecule has 0 spiro atoms. The highest BCUT2D eigenvalue weighted by molar-refractivity contribution is 5.75. The van der Waals surface area contributed by atoms with Gasteiger partial charge in [-0.25, -0.2) is 0 Å². The molecule has 0 unspecified atom stereocenters. The van der Waals surface area contributed by atoms with E-state index >= 15 is 0 Å². The van der Waals surface area contributed by atoms with Gasteiger partial charge in [0.25, 0.3) is 0 Å². The van der Waals surface area contributed by atoms with Crippen LogP contribution in [0.25, 0.3) is 0 Å². The summed E-state index contributed by atoms with van der Waals surface area (Å²) in [5.41, 5.74) is 2.24. The lowest BCUT2D eigenvalue weighted by Gasteiger charge is -2.26. The van der Waals surface area contributed by atoms with Crippen molar-refractivity contribution in [3.63, 3.8) is 0 Å². The molecule has 4 nitrogen and oxygen atoms in total. The summed E-state index contributed by atoms with van der Waals surface area (Å²) in [5, 5.41) is 18.1. The van der Waals surface area contributed by atoms with Gasteiger partial charge in [-0.2, -0.15) is 5.26 Å². The maximum Gasteiger partial charge on any atom is 0.323 e. The summed E-state index contributed by atoms with van der Waals surface area (Å²) in [5.74, 6) is -0.558. The summed E-state index contributed by atoms with van der Waals surface area (Å²) < 4.78 is 0. The average molecular weight is 246 g/mol. The summed E-state index contributed by atoms with van der Waals surface area (Å²) in [6.07, 6.45) is 0. The largest absolute Gasteiger partial charge is 0.480 e. The number of aryl methyl sites for hydroxylation is 1. The van der Waals surface area contributed by atoms with Gasteiger partial charge >= 0.3 is 5.97 Å². The predicted octanol–water partition coefficient (Wildman–Crippen LogP) is 2.41. The van der Waals surface area contributed by atoms with Crippen LogP contribution in [0.5, 0.6) is 0 Å². The molecular formula is C14H18N2O2. The van der Waals surface area contributed by atoms with Gasteiger partial charge in [0, 0.05) is 6.54 Å². The van der Waals surface area contributed by atoms with E-state index in [0.717, 1.165) is 5.56 Å². The first kappa shape index (κ1) is 14.0. The topological polar surface area (TPSA) is 64.3 Å². The Morgan fingerprint density at radius 3 is 2.67 bits per heavy atom. The van der Waals surface area contributed by atoms with Gasteiger partial charge in [0.05, 0.1) is 11.3 Å². The first-order chi connectivity index (χ1) is 8.43. The summed E-state index contributed by atoms with van der Waals surface area (Å²) in [4.78, 5) is 12.7. The molecular weight excluding hydrogens is 228 g/mol. The summed E-state index contributed by atoms with van der Waals surface area (Å²) in [6, 6.07) is 7.57. The molecule has 96 valence electrons. The smallest absolute Gasteiger partial charge is 0.323 e. The number of nitriles is 1. The lowest BCUT2D eigenvalue weighted by atomic mass is 10.1. The number of nitrogens with zero attached hydrogens (tertiary/aromatic N) is 2. The number of hydrogen-bond acceptors (Lipinski definition) is 3. The molecule has 0 aromatic heterocycles. The Morgan fingerprint density at radius 2 is 2.17 bits per heavy atom. The van der Waals surface area contributed by atoms with Crippen LogP contribution in [-0.4, -0.2) is 24.2 Å². The second-order valence-electron chi connectivity index (χ2n) is 4.80. The number of anilines is 1. The van der Waals surface area contributed by atoms with Gasteiger partial charge in [-0.1, -0.05) is 19.9 Å². The third-order valence-corrected chi connectivity index (χ3v) is 2.53. The number of carbonyl (C=O) groups is 1.